The van der Waals surface area contributed by atoms with Gasteiger partial charge in [0.15, 0.2) is 0 Å². The molecule has 192 valence electrons. The van der Waals surface area contributed by atoms with E-state index < -0.39 is 64.3 Å². The summed E-state index contributed by atoms with van der Waals surface area (Å²) < 4.78 is 135. The van der Waals surface area contributed by atoms with Gasteiger partial charge in [-0.25, -0.2) is 17.6 Å². The molecule has 2 aromatic heterocycles. The quantitative estimate of drug-likeness (QED) is 0.250. The standard InChI is InChI=1S/C25H12F10N2/c26-16-6-12(22(18(28)8-16)20-3-1-14(10-36-20)24(30,31)32)5-13-7-17(27)9-19(29)23(13)21-4-2-15(11-37-21)25(33,34)35/h1-4,6-11H,5H2. The Balaban J connectivity index is 1.83. The van der Waals surface area contributed by atoms with Gasteiger partial charge in [-0.2, -0.15) is 26.3 Å². The average molecular weight is 530 g/mol. The maximum atomic E-state index is 14.8. The Kier molecular flexibility index (Phi) is 6.70. The molecule has 0 saturated carbocycles. The zero-order valence-electron chi connectivity index (χ0n) is 18.2. The van der Waals surface area contributed by atoms with Crippen LogP contribution < -0.4 is 0 Å². The lowest BCUT2D eigenvalue weighted by atomic mass is 9.92. The molecule has 0 unspecified atom stereocenters. The molecule has 4 rings (SSSR count). The third-order valence-corrected chi connectivity index (χ3v) is 5.35. The highest BCUT2D eigenvalue weighted by Gasteiger charge is 2.32. The van der Waals surface area contributed by atoms with Gasteiger partial charge in [0.2, 0.25) is 0 Å². The molecule has 0 aliphatic carbocycles. The number of nitrogens with zero attached hydrogens (tertiary/aromatic N) is 2. The number of hydrogen-bond acceptors (Lipinski definition) is 2. The Hall–Kier alpha value is -3.96. The fraction of sp³-hybridized carbons (Fsp3) is 0.120. The summed E-state index contributed by atoms with van der Waals surface area (Å²) in [5.41, 5.74) is -4.19. The molecule has 37 heavy (non-hydrogen) atoms. The van der Waals surface area contributed by atoms with E-state index in [4.69, 9.17) is 0 Å². The summed E-state index contributed by atoms with van der Waals surface area (Å²) in [7, 11) is 0. The molecule has 4 aromatic rings. The summed E-state index contributed by atoms with van der Waals surface area (Å²) in [6.07, 6.45) is -9.13. The molecule has 0 spiro atoms. The molecule has 0 saturated heterocycles. The largest absolute Gasteiger partial charge is 0.417 e. The van der Waals surface area contributed by atoms with Gasteiger partial charge in [-0.05, 0) is 53.9 Å². The lowest BCUT2D eigenvalue weighted by Crippen LogP contribution is -2.07. The highest BCUT2D eigenvalue weighted by Crippen LogP contribution is 2.36. The van der Waals surface area contributed by atoms with Gasteiger partial charge in [-0.15, -0.1) is 0 Å². The average Bonchev–Trinajstić information content (AvgIpc) is 2.77. The monoisotopic (exact) mass is 530 g/mol. The van der Waals surface area contributed by atoms with Crippen LogP contribution in [0.3, 0.4) is 0 Å². The minimum absolute atomic E-state index is 0.233. The Morgan fingerprint density at radius 1 is 0.541 bits per heavy atom. The van der Waals surface area contributed by atoms with Crippen LogP contribution in [-0.2, 0) is 18.8 Å². The van der Waals surface area contributed by atoms with E-state index in [1.165, 1.54) is 0 Å². The van der Waals surface area contributed by atoms with Crippen molar-refractivity contribution in [3.63, 3.8) is 0 Å². The molecule has 0 amide bonds. The number of halogens is 10. The Morgan fingerprint density at radius 2 is 0.919 bits per heavy atom. The van der Waals surface area contributed by atoms with E-state index in [0.29, 0.717) is 36.7 Å². The Bertz CT molecular complexity index is 1330. The van der Waals surface area contributed by atoms with Gasteiger partial charge < -0.3 is 0 Å². The van der Waals surface area contributed by atoms with E-state index in [1.54, 1.807) is 0 Å². The second-order valence-electron chi connectivity index (χ2n) is 7.88. The van der Waals surface area contributed by atoms with Gasteiger partial charge in [0.25, 0.3) is 0 Å². The topological polar surface area (TPSA) is 25.8 Å². The van der Waals surface area contributed by atoms with Crippen molar-refractivity contribution in [3.8, 4) is 22.5 Å². The van der Waals surface area contributed by atoms with Gasteiger partial charge in [-0.3, -0.25) is 9.97 Å². The number of pyridine rings is 2. The van der Waals surface area contributed by atoms with Gasteiger partial charge in [-0.1, -0.05) is 0 Å². The van der Waals surface area contributed by atoms with Crippen molar-refractivity contribution in [2.45, 2.75) is 18.8 Å². The number of rotatable bonds is 4. The SMILES string of the molecule is Fc1cc(F)c(-c2ccc(C(F)(F)F)cn2)c(Cc2cc(F)cc(F)c2-c2ccc(C(F)(F)F)cn2)c1. The lowest BCUT2D eigenvalue weighted by molar-refractivity contribution is -0.138. The molecule has 2 nitrogen and oxygen atoms in total. The zero-order valence-corrected chi connectivity index (χ0v) is 18.2. The minimum atomic E-state index is -4.72. The third kappa shape index (κ3) is 5.57. The summed E-state index contributed by atoms with van der Waals surface area (Å²) in [5, 5.41) is 0. The molecule has 0 N–H and O–H groups in total. The second kappa shape index (κ2) is 9.49. The van der Waals surface area contributed by atoms with Gasteiger partial charge >= 0.3 is 12.4 Å². The molecule has 2 heterocycles. The summed E-state index contributed by atoms with van der Waals surface area (Å²) in [6, 6.07) is 5.52. The van der Waals surface area contributed by atoms with E-state index in [9.17, 15) is 43.9 Å². The Labute approximate surface area is 202 Å². The highest BCUT2D eigenvalue weighted by atomic mass is 19.4. The van der Waals surface area contributed by atoms with Crippen molar-refractivity contribution >= 4 is 0 Å². The van der Waals surface area contributed by atoms with Crippen LogP contribution in [-0.4, -0.2) is 9.97 Å². The van der Waals surface area contributed by atoms with Crippen molar-refractivity contribution in [1.29, 1.82) is 0 Å². The first-order chi connectivity index (χ1) is 17.2. The van der Waals surface area contributed by atoms with Gasteiger partial charge in [0, 0.05) is 35.7 Å². The number of benzene rings is 2. The minimum Gasteiger partial charge on any atom is -0.256 e. The predicted molar refractivity (Wildman–Crippen MR) is 112 cm³/mol. The molecule has 0 aliphatic heterocycles. The van der Waals surface area contributed by atoms with Crippen LogP contribution in [0.25, 0.3) is 22.5 Å². The fourth-order valence-electron chi connectivity index (χ4n) is 3.73. The summed E-state index contributed by atoms with van der Waals surface area (Å²) in [6.45, 7) is 0. The molecule has 0 fully saturated rings. The molecular weight excluding hydrogens is 518 g/mol. The van der Waals surface area contributed by atoms with Crippen LogP contribution in [0.5, 0.6) is 0 Å². The van der Waals surface area contributed by atoms with E-state index in [2.05, 4.69) is 9.97 Å². The van der Waals surface area contributed by atoms with Crippen LogP contribution in [0.2, 0.25) is 0 Å². The first-order valence-corrected chi connectivity index (χ1v) is 10.3. The number of aromatic nitrogens is 2. The normalized spacial score (nSPS) is 12.2. The molecular formula is C25H12F10N2. The third-order valence-electron chi connectivity index (χ3n) is 5.35. The van der Waals surface area contributed by atoms with Gasteiger partial charge in [0.05, 0.1) is 22.5 Å². The highest BCUT2D eigenvalue weighted by molar-refractivity contribution is 5.69. The van der Waals surface area contributed by atoms with E-state index in [-0.39, 0.29) is 22.5 Å². The molecule has 0 atom stereocenters. The predicted octanol–water partition coefficient (Wildman–Crippen LogP) is 8.00. The van der Waals surface area contributed by atoms with Crippen LogP contribution >= 0.6 is 0 Å². The van der Waals surface area contributed by atoms with Crippen LogP contribution in [0, 0.1) is 23.3 Å². The summed E-state index contributed by atoms with van der Waals surface area (Å²) in [4.78, 5) is 7.21. The smallest absolute Gasteiger partial charge is 0.256 e. The van der Waals surface area contributed by atoms with Crippen molar-refractivity contribution < 1.29 is 43.9 Å². The first kappa shape index (κ1) is 26.1. The van der Waals surface area contributed by atoms with Crippen molar-refractivity contribution in [2.24, 2.45) is 0 Å². The molecule has 2 aromatic carbocycles. The van der Waals surface area contributed by atoms with Crippen LogP contribution in [0.4, 0.5) is 43.9 Å². The van der Waals surface area contributed by atoms with Crippen molar-refractivity contribution in [3.05, 3.63) is 106 Å². The van der Waals surface area contributed by atoms with E-state index in [1.807, 2.05) is 0 Å². The summed E-state index contributed by atoms with van der Waals surface area (Å²) in [5.74, 6) is -4.58. The number of hydrogen-bond donors (Lipinski definition) is 0. The first-order valence-electron chi connectivity index (χ1n) is 10.3. The summed E-state index contributed by atoms with van der Waals surface area (Å²) >= 11 is 0. The van der Waals surface area contributed by atoms with Crippen molar-refractivity contribution in [2.75, 3.05) is 0 Å². The zero-order chi connectivity index (χ0) is 27.1. The molecule has 0 bridgehead atoms. The fourth-order valence-corrected chi connectivity index (χ4v) is 3.73. The lowest BCUT2D eigenvalue weighted by Gasteiger charge is -2.15. The second-order valence-corrected chi connectivity index (χ2v) is 7.88. The Morgan fingerprint density at radius 3 is 1.22 bits per heavy atom. The van der Waals surface area contributed by atoms with E-state index in [0.717, 1.165) is 24.3 Å². The van der Waals surface area contributed by atoms with Gasteiger partial charge in [0.1, 0.15) is 23.3 Å². The maximum Gasteiger partial charge on any atom is 0.417 e. The van der Waals surface area contributed by atoms with Crippen LogP contribution in [0.15, 0.2) is 60.9 Å². The number of alkyl halides is 6. The molecule has 0 radical (unpaired) electrons. The van der Waals surface area contributed by atoms with Crippen molar-refractivity contribution in [1.82, 2.24) is 9.97 Å². The molecule has 12 heteroatoms. The van der Waals surface area contributed by atoms with Crippen LogP contribution in [0.1, 0.15) is 22.3 Å². The van der Waals surface area contributed by atoms with E-state index >= 15 is 0 Å². The molecule has 0 aliphatic rings. The maximum absolute atomic E-state index is 14.8.